The van der Waals surface area contributed by atoms with Gasteiger partial charge in [0.15, 0.2) is 0 Å². The van der Waals surface area contributed by atoms with Crippen molar-refractivity contribution < 1.29 is 69.7 Å². The van der Waals surface area contributed by atoms with Gasteiger partial charge >= 0.3 is 51.4 Å². The van der Waals surface area contributed by atoms with Gasteiger partial charge < -0.3 is 15.4 Å². The third-order valence-electron chi connectivity index (χ3n) is 4.06. The summed E-state index contributed by atoms with van der Waals surface area (Å²) in [6.07, 6.45) is -0.646. The first kappa shape index (κ1) is 24.7. The number of rotatable bonds is 8. The molecule has 0 spiro atoms. The zero-order valence-electron chi connectivity index (χ0n) is 15.2. The van der Waals surface area contributed by atoms with Gasteiger partial charge in [-0.3, -0.25) is 4.79 Å². The number of hydrogen-bond acceptors (Lipinski definition) is 3. The molecule has 4 nitrogen and oxygen atoms in total. The largest absolute Gasteiger partial charge is 1.00 e. The summed E-state index contributed by atoms with van der Waals surface area (Å²) in [5, 5.41) is 11.2. The predicted octanol–water partition coefficient (Wildman–Crippen LogP) is 1.36. The van der Waals surface area contributed by atoms with Crippen molar-refractivity contribution in [1.29, 1.82) is 0 Å². The Morgan fingerprint density at radius 2 is 1.89 bits per heavy atom. The van der Waals surface area contributed by atoms with Gasteiger partial charge in [0.25, 0.3) is 0 Å². The van der Waals surface area contributed by atoms with E-state index in [4.69, 9.17) is 16.3 Å². The van der Waals surface area contributed by atoms with Crippen molar-refractivity contribution in [2.24, 2.45) is 0 Å². The van der Waals surface area contributed by atoms with E-state index in [0.29, 0.717) is 11.4 Å². The van der Waals surface area contributed by atoms with Gasteiger partial charge in [0, 0.05) is 23.6 Å². The number of hydrogen-bond donors (Lipinski definition) is 1. The van der Waals surface area contributed by atoms with Gasteiger partial charge in [0.05, 0.1) is 12.5 Å². The zero-order valence-corrected chi connectivity index (χ0v) is 19.1. The summed E-state index contributed by atoms with van der Waals surface area (Å²) in [5.41, 5.74) is 2.38. The van der Waals surface area contributed by atoms with Crippen LogP contribution in [0, 0.1) is 16.8 Å². The Bertz CT molecular complexity index is 746. The van der Waals surface area contributed by atoms with Crippen molar-refractivity contribution in [2.75, 3.05) is 6.61 Å². The number of ether oxygens (including phenoxy) is 1. The molecule has 140 valence electrons. The average Bonchev–Trinajstić information content (AvgIpc) is 2.61. The van der Waals surface area contributed by atoms with Gasteiger partial charge in [0.1, 0.15) is 11.6 Å². The molecule has 1 unspecified atom stereocenters. The number of amides is 1. The molecule has 0 saturated heterocycles. The van der Waals surface area contributed by atoms with E-state index in [1.165, 1.54) is 11.5 Å². The molecule has 0 heterocycles. The molecular formula is C19H19ClF2KNO3. The molecule has 27 heavy (non-hydrogen) atoms. The Hall–Kier alpha value is -0.384. The van der Waals surface area contributed by atoms with Crippen molar-refractivity contribution in [3.05, 3.63) is 75.5 Å². The number of benzene rings is 2. The summed E-state index contributed by atoms with van der Waals surface area (Å²) in [6.45, 7) is 2.01. The molecular weight excluding hydrogens is 403 g/mol. The summed E-state index contributed by atoms with van der Waals surface area (Å²) < 4.78 is 33.3. The van der Waals surface area contributed by atoms with E-state index in [-0.39, 0.29) is 70.0 Å². The van der Waals surface area contributed by atoms with Crippen LogP contribution in [0.15, 0.2) is 42.5 Å². The quantitative estimate of drug-likeness (QED) is 0.517. The van der Waals surface area contributed by atoms with Crippen molar-refractivity contribution in [1.82, 2.24) is 5.48 Å². The van der Waals surface area contributed by atoms with E-state index in [1.54, 1.807) is 31.2 Å². The Morgan fingerprint density at radius 3 is 2.44 bits per heavy atom. The standard InChI is InChI=1S/C19H19ClF2NO3.K/c1-2-26-18(11-19(24)23-25)16(9-12-3-5-13(20)6-4-12)15-8-7-14(21)10-17(15)22;/h3-8,10,16,18H,2,9,11H2,1H3,(H-,23,24,25);/q-1;+1/t16?,18-;/m1./s1. The van der Waals surface area contributed by atoms with E-state index >= 15 is 0 Å². The molecule has 8 heteroatoms. The Labute approximate surface area is 204 Å². The van der Waals surface area contributed by atoms with E-state index in [1.807, 2.05) is 0 Å². The normalized spacial score (nSPS) is 12.8. The fourth-order valence-corrected chi connectivity index (χ4v) is 3.00. The molecule has 0 fully saturated rings. The minimum absolute atomic E-state index is 0. The number of halogens is 3. The van der Waals surface area contributed by atoms with E-state index in [0.717, 1.165) is 17.7 Å². The Kier molecular flexibility index (Phi) is 11.2. The third kappa shape index (κ3) is 7.51. The number of carbonyl (C=O) groups is 1. The molecule has 2 aromatic rings. The first-order chi connectivity index (χ1) is 12.4. The van der Waals surface area contributed by atoms with Crippen LogP contribution in [-0.4, -0.2) is 18.6 Å². The summed E-state index contributed by atoms with van der Waals surface area (Å²) in [6, 6.07) is 10.3. The monoisotopic (exact) mass is 421 g/mol. The topological polar surface area (TPSA) is 61.4 Å². The maximum atomic E-state index is 14.4. The van der Waals surface area contributed by atoms with Crippen molar-refractivity contribution in [2.45, 2.75) is 31.8 Å². The maximum Gasteiger partial charge on any atom is 1.00 e. The van der Waals surface area contributed by atoms with Gasteiger partial charge in [-0.1, -0.05) is 29.8 Å². The van der Waals surface area contributed by atoms with Crippen LogP contribution >= 0.6 is 11.6 Å². The maximum absolute atomic E-state index is 14.4. The predicted molar refractivity (Wildman–Crippen MR) is 95.8 cm³/mol. The van der Waals surface area contributed by atoms with E-state index < -0.39 is 29.6 Å². The van der Waals surface area contributed by atoms with Crippen LogP contribution in [0.1, 0.15) is 30.4 Å². The number of carbonyl (C=O) groups excluding carboxylic acids is 1. The van der Waals surface area contributed by atoms with Crippen LogP contribution in [0.5, 0.6) is 0 Å². The first-order valence-corrected chi connectivity index (χ1v) is 8.54. The molecule has 0 radical (unpaired) electrons. The van der Waals surface area contributed by atoms with E-state index in [9.17, 15) is 18.8 Å². The van der Waals surface area contributed by atoms with Crippen LogP contribution in [-0.2, 0) is 16.0 Å². The van der Waals surface area contributed by atoms with Gasteiger partial charge in [-0.05, 0) is 42.7 Å². The molecule has 0 aliphatic heterocycles. The van der Waals surface area contributed by atoms with Crippen LogP contribution in [0.4, 0.5) is 8.78 Å². The average molecular weight is 422 g/mol. The smallest absolute Gasteiger partial charge is 0.759 e. The Balaban J connectivity index is 0.00000364. The summed E-state index contributed by atoms with van der Waals surface area (Å²) >= 11 is 5.89. The fourth-order valence-electron chi connectivity index (χ4n) is 2.87. The molecule has 1 amide bonds. The number of nitrogens with one attached hydrogen (secondary N) is 1. The summed E-state index contributed by atoms with van der Waals surface area (Å²) in [4.78, 5) is 11.6. The fraction of sp³-hybridized carbons (Fsp3) is 0.316. The van der Waals surface area contributed by atoms with Gasteiger partial charge in [-0.2, -0.15) is 0 Å². The summed E-state index contributed by atoms with van der Waals surface area (Å²) in [7, 11) is 0. The number of hydroxylamine groups is 1. The second-order valence-electron chi connectivity index (χ2n) is 5.83. The minimum Gasteiger partial charge on any atom is -0.759 e. The SMILES string of the molecule is CCO[C@H](CC(=O)N[O-])C(Cc1ccc(Cl)cc1)c1ccc(F)cc1F.[K+]. The Morgan fingerprint density at radius 1 is 1.22 bits per heavy atom. The van der Waals surface area contributed by atoms with Crippen LogP contribution in [0.2, 0.25) is 5.02 Å². The van der Waals surface area contributed by atoms with Crippen molar-refractivity contribution in [3.63, 3.8) is 0 Å². The molecule has 0 saturated carbocycles. The molecule has 1 N–H and O–H groups in total. The van der Waals surface area contributed by atoms with Gasteiger partial charge in [0.2, 0.25) is 5.91 Å². The van der Waals surface area contributed by atoms with Crippen LogP contribution in [0.3, 0.4) is 0 Å². The van der Waals surface area contributed by atoms with Crippen LogP contribution < -0.4 is 56.9 Å². The molecule has 2 rings (SSSR count). The van der Waals surface area contributed by atoms with Gasteiger partial charge in [-0.25, -0.2) is 8.78 Å². The second kappa shape index (κ2) is 12.2. The van der Waals surface area contributed by atoms with Crippen LogP contribution in [0.25, 0.3) is 0 Å². The third-order valence-corrected chi connectivity index (χ3v) is 4.31. The van der Waals surface area contributed by atoms with Gasteiger partial charge in [-0.15, -0.1) is 0 Å². The zero-order chi connectivity index (χ0) is 19.1. The molecule has 0 aromatic heterocycles. The van der Waals surface area contributed by atoms with E-state index in [2.05, 4.69) is 0 Å². The molecule has 0 aliphatic carbocycles. The minimum atomic E-state index is -0.757. The van der Waals surface area contributed by atoms with Crippen molar-refractivity contribution >= 4 is 17.5 Å². The molecule has 2 aromatic carbocycles. The molecule has 0 aliphatic rings. The molecule has 0 bridgehead atoms. The second-order valence-corrected chi connectivity index (χ2v) is 6.26. The van der Waals surface area contributed by atoms with Crippen molar-refractivity contribution in [3.8, 4) is 0 Å². The first-order valence-electron chi connectivity index (χ1n) is 8.16. The molecule has 2 atom stereocenters. The summed E-state index contributed by atoms with van der Waals surface area (Å²) in [5.74, 6) is -2.76.